The second-order valence-electron chi connectivity index (χ2n) is 7.46. The number of para-hydroxylation sites is 1. The standard InChI is InChI=1S/C24H21N3O4/c1-2-30-19-13-9-16(10-14-19)21-15-22-20-5-3-4-6-23(20)31-24(26(22)25-21)17-7-11-18(12-8-17)27(28)29/h3-14,22,24H,2,15H2,1H3. The molecule has 0 aromatic heterocycles. The van der Waals surface area contributed by atoms with Crippen LogP contribution in [-0.4, -0.2) is 22.3 Å². The molecule has 0 saturated heterocycles. The van der Waals surface area contributed by atoms with Crippen LogP contribution in [0.15, 0.2) is 77.9 Å². The number of nitro benzene ring substituents is 1. The third kappa shape index (κ3) is 3.48. The molecule has 3 aromatic rings. The fraction of sp³-hybridized carbons (Fsp3) is 0.208. The zero-order valence-electron chi connectivity index (χ0n) is 17.0. The molecule has 156 valence electrons. The van der Waals surface area contributed by atoms with E-state index in [0.717, 1.165) is 40.3 Å². The van der Waals surface area contributed by atoms with Gasteiger partial charge in [0.2, 0.25) is 6.23 Å². The first-order chi connectivity index (χ1) is 15.1. The largest absolute Gasteiger partial charge is 0.494 e. The maximum absolute atomic E-state index is 11.0. The van der Waals surface area contributed by atoms with Crippen LogP contribution in [0.4, 0.5) is 5.69 Å². The van der Waals surface area contributed by atoms with Gasteiger partial charge >= 0.3 is 0 Å². The number of benzene rings is 3. The number of fused-ring (bicyclic) bond motifs is 3. The number of nitrogens with zero attached hydrogens (tertiary/aromatic N) is 3. The van der Waals surface area contributed by atoms with Gasteiger partial charge in [-0.3, -0.25) is 10.1 Å². The minimum absolute atomic E-state index is 0.0340. The Morgan fingerprint density at radius 2 is 1.84 bits per heavy atom. The van der Waals surface area contributed by atoms with Crippen LogP contribution in [0, 0.1) is 10.1 Å². The van der Waals surface area contributed by atoms with Crippen molar-refractivity contribution in [2.45, 2.75) is 25.6 Å². The molecule has 7 heteroatoms. The summed E-state index contributed by atoms with van der Waals surface area (Å²) in [5.41, 5.74) is 3.97. The van der Waals surface area contributed by atoms with Crippen LogP contribution in [0.3, 0.4) is 0 Å². The van der Waals surface area contributed by atoms with E-state index in [9.17, 15) is 10.1 Å². The summed E-state index contributed by atoms with van der Waals surface area (Å²) in [4.78, 5) is 10.6. The quantitative estimate of drug-likeness (QED) is 0.421. The molecule has 0 saturated carbocycles. The monoisotopic (exact) mass is 415 g/mol. The number of hydrogen-bond donors (Lipinski definition) is 0. The van der Waals surface area contributed by atoms with Crippen LogP contribution < -0.4 is 9.47 Å². The van der Waals surface area contributed by atoms with Gasteiger partial charge in [-0.2, -0.15) is 5.10 Å². The first-order valence-corrected chi connectivity index (χ1v) is 10.2. The molecule has 2 aliphatic heterocycles. The van der Waals surface area contributed by atoms with E-state index in [1.54, 1.807) is 12.1 Å². The zero-order valence-corrected chi connectivity index (χ0v) is 17.0. The topological polar surface area (TPSA) is 77.2 Å². The summed E-state index contributed by atoms with van der Waals surface area (Å²) >= 11 is 0. The Labute approximate surface area is 179 Å². The van der Waals surface area contributed by atoms with Crippen molar-refractivity contribution in [1.82, 2.24) is 5.01 Å². The molecule has 0 fully saturated rings. The van der Waals surface area contributed by atoms with Gasteiger partial charge in [-0.05, 0) is 55.0 Å². The lowest BCUT2D eigenvalue weighted by atomic mass is 9.96. The molecule has 2 aliphatic rings. The summed E-state index contributed by atoms with van der Waals surface area (Å²) in [5.74, 6) is 1.65. The van der Waals surface area contributed by atoms with Crippen molar-refractivity contribution >= 4 is 11.4 Å². The van der Waals surface area contributed by atoms with E-state index in [1.807, 2.05) is 54.4 Å². The molecule has 0 amide bonds. The van der Waals surface area contributed by atoms with Crippen molar-refractivity contribution in [3.8, 4) is 11.5 Å². The van der Waals surface area contributed by atoms with Gasteiger partial charge in [-0.1, -0.05) is 18.2 Å². The van der Waals surface area contributed by atoms with Crippen LogP contribution in [0.25, 0.3) is 0 Å². The maximum Gasteiger partial charge on any atom is 0.269 e. The highest BCUT2D eigenvalue weighted by Crippen LogP contribution is 2.47. The van der Waals surface area contributed by atoms with E-state index in [4.69, 9.17) is 14.6 Å². The molecule has 7 nitrogen and oxygen atoms in total. The molecule has 2 heterocycles. The van der Waals surface area contributed by atoms with Crippen molar-refractivity contribution in [1.29, 1.82) is 0 Å². The van der Waals surface area contributed by atoms with Gasteiger partial charge in [-0.15, -0.1) is 0 Å². The summed E-state index contributed by atoms with van der Waals surface area (Å²) in [6, 6.07) is 22.4. The highest BCUT2D eigenvalue weighted by molar-refractivity contribution is 6.02. The molecule has 2 unspecified atom stereocenters. The number of rotatable bonds is 5. The summed E-state index contributed by atoms with van der Waals surface area (Å²) in [6.45, 7) is 2.59. The normalized spacial score (nSPS) is 19.1. The molecular weight excluding hydrogens is 394 g/mol. The summed E-state index contributed by atoms with van der Waals surface area (Å²) in [5, 5.41) is 17.9. The second kappa shape index (κ2) is 7.75. The SMILES string of the molecule is CCOc1ccc(C2=NN3C(C2)c2ccccc2OC3c2ccc([N+](=O)[O-])cc2)cc1. The number of hydrogen-bond acceptors (Lipinski definition) is 6. The molecule has 5 rings (SSSR count). The van der Waals surface area contributed by atoms with Gasteiger partial charge < -0.3 is 9.47 Å². The number of ether oxygens (including phenoxy) is 2. The van der Waals surface area contributed by atoms with Gasteiger partial charge in [0.15, 0.2) is 0 Å². The molecule has 0 aliphatic carbocycles. The van der Waals surface area contributed by atoms with Crippen LogP contribution in [-0.2, 0) is 0 Å². The van der Waals surface area contributed by atoms with Crippen molar-refractivity contribution in [2.75, 3.05) is 6.61 Å². The van der Waals surface area contributed by atoms with E-state index in [-0.39, 0.29) is 11.7 Å². The Morgan fingerprint density at radius 3 is 2.55 bits per heavy atom. The van der Waals surface area contributed by atoms with Crippen LogP contribution >= 0.6 is 0 Å². The third-order valence-corrected chi connectivity index (χ3v) is 5.59. The summed E-state index contributed by atoms with van der Waals surface area (Å²) in [7, 11) is 0. The maximum atomic E-state index is 11.0. The fourth-order valence-electron chi connectivity index (χ4n) is 4.10. The van der Waals surface area contributed by atoms with E-state index < -0.39 is 11.2 Å². The van der Waals surface area contributed by atoms with Crippen molar-refractivity contribution in [2.24, 2.45) is 5.10 Å². The highest BCUT2D eigenvalue weighted by atomic mass is 16.6. The first kappa shape index (κ1) is 19.1. The van der Waals surface area contributed by atoms with E-state index >= 15 is 0 Å². The second-order valence-corrected chi connectivity index (χ2v) is 7.46. The van der Waals surface area contributed by atoms with E-state index in [2.05, 4.69) is 6.07 Å². The number of non-ortho nitro benzene ring substituents is 1. The van der Waals surface area contributed by atoms with E-state index in [1.165, 1.54) is 12.1 Å². The lowest BCUT2D eigenvalue weighted by molar-refractivity contribution is -0.384. The third-order valence-electron chi connectivity index (χ3n) is 5.59. The van der Waals surface area contributed by atoms with Crippen molar-refractivity contribution in [3.05, 3.63) is 99.6 Å². The average Bonchev–Trinajstić information content (AvgIpc) is 3.25. The molecule has 0 N–H and O–H groups in total. The van der Waals surface area contributed by atoms with Crippen LogP contribution in [0.1, 0.15) is 42.3 Å². The van der Waals surface area contributed by atoms with Gasteiger partial charge in [0, 0.05) is 29.7 Å². The summed E-state index contributed by atoms with van der Waals surface area (Å²) in [6.07, 6.45) is 0.290. The molecule has 0 spiro atoms. The predicted molar refractivity (Wildman–Crippen MR) is 116 cm³/mol. The van der Waals surface area contributed by atoms with E-state index in [0.29, 0.717) is 6.61 Å². The van der Waals surface area contributed by atoms with Gasteiger partial charge in [-0.25, -0.2) is 5.01 Å². The molecule has 3 aromatic carbocycles. The Kier molecular flexibility index (Phi) is 4.78. The minimum Gasteiger partial charge on any atom is -0.494 e. The lowest BCUT2D eigenvalue weighted by Gasteiger charge is -2.38. The Balaban J connectivity index is 1.51. The van der Waals surface area contributed by atoms with Crippen LogP contribution in [0.5, 0.6) is 11.5 Å². The number of nitro groups is 1. The molecule has 0 radical (unpaired) electrons. The van der Waals surface area contributed by atoms with Crippen LogP contribution in [0.2, 0.25) is 0 Å². The molecule has 0 bridgehead atoms. The fourth-order valence-corrected chi connectivity index (χ4v) is 4.10. The first-order valence-electron chi connectivity index (χ1n) is 10.2. The highest BCUT2D eigenvalue weighted by Gasteiger charge is 2.40. The van der Waals surface area contributed by atoms with Gasteiger partial charge in [0.25, 0.3) is 5.69 Å². The number of hydrazone groups is 1. The summed E-state index contributed by atoms with van der Waals surface area (Å²) < 4.78 is 11.8. The van der Waals surface area contributed by atoms with Crippen molar-refractivity contribution in [3.63, 3.8) is 0 Å². The lowest BCUT2D eigenvalue weighted by Crippen LogP contribution is -2.33. The Bertz CT molecular complexity index is 1140. The molecule has 31 heavy (non-hydrogen) atoms. The van der Waals surface area contributed by atoms with Gasteiger partial charge in [0.05, 0.1) is 23.3 Å². The molecular formula is C24H21N3O4. The average molecular weight is 415 g/mol. The Morgan fingerprint density at radius 1 is 1.10 bits per heavy atom. The zero-order chi connectivity index (χ0) is 21.4. The molecule has 2 atom stereocenters. The minimum atomic E-state index is -0.457. The van der Waals surface area contributed by atoms with Gasteiger partial charge in [0.1, 0.15) is 11.5 Å². The predicted octanol–water partition coefficient (Wildman–Crippen LogP) is 5.24. The smallest absolute Gasteiger partial charge is 0.269 e. The Hall–Kier alpha value is -3.87. The van der Waals surface area contributed by atoms with Crippen molar-refractivity contribution < 1.29 is 14.4 Å².